The number of methoxy groups -OCH3 is 1. The van der Waals surface area contributed by atoms with Gasteiger partial charge in [-0.1, -0.05) is 11.6 Å². The van der Waals surface area contributed by atoms with E-state index < -0.39 is 11.5 Å². The second-order valence-electron chi connectivity index (χ2n) is 2.90. The van der Waals surface area contributed by atoms with E-state index in [1.165, 1.54) is 19.2 Å². The number of fused-ring (bicyclic) bond motifs is 1. The zero-order valence-corrected chi connectivity index (χ0v) is 8.93. The van der Waals surface area contributed by atoms with Gasteiger partial charge in [0.1, 0.15) is 5.15 Å². The van der Waals surface area contributed by atoms with Gasteiger partial charge in [-0.25, -0.2) is 9.31 Å². The zero-order valence-electron chi connectivity index (χ0n) is 8.18. The Balaban J connectivity index is 2.84. The van der Waals surface area contributed by atoms with Gasteiger partial charge in [0.25, 0.3) is 5.56 Å². The molecule has 2 rings (SSSR count). The van der Waals surface area contributed by atoms with Crippen LogP contribution in [0.5, 0.6) is 0 Å². The molecule has 0 bridgehead atoms. The predicted octanol–water partition coefficient (Wildman–Crippen LogP) is 0.529. The number of rotatable bonds is 1. The maximum Gasteiger partial charge on any atom is 0.357 e. The smallest absolute Gasteiger partial charge is 0.357 e. The van der Waals surface area contributed by atoms with E-state index >= 15 is 0 Å². The molecule has 82 valence electrons. The van der Waals surface area contributed by atoms with Crippen LogP contribution in [0.25, 0.3) is 5.65 Å². The van der Waals surface area contributed by atoms with E-state index in [0.717, 1.165) is 10.6 Å². The molecule has 6 nitrogen and oxygen atoms in total. The first kappa shape index (κ1) is 10.6. The van der Waals surface area contributed by atoms with Crippen LogP contribution in [0.2, 0.25) is 5.15 Å². The van der Waals surface area contributed by atoms with Crippen molar-refractivity contribution in [3.8, 4) is 0 Å². The topological polar surface area (TPSA) is 73.6 Å². The Labute approximate surface area is 94.4 Å². The van der Waals surface area contributed by atoms with Crippen LogP contribution in [-0.4, -0.2) is 27.7 Å². The predicted molar refractivity (Wildman–Crippen MR) is 55.6 cm³/mol. The molecule has 2 aromatic heterocycles. The molecule has 0 saturated carbocycles. The van der Waals surface area contributed by atoms with E-state index in [-0.39, 0.29) is 16.5 Å². The number of halogens is 1. The van der Waals surface area contributed by atoms with Gasteiger partial charge in [0.05, 0.1) is 7.11 Å². The summed E-state index contributed by atoms with van der Waals surface area (Å²) in [6.45, 7) is 0. The summed E-state index contributed by atoms with van der Waals surface area (Å²) in [6, 6.07) is 4.01. The van der Waals surface area contributed by atoms with Crippen LogP contribution < -0.4 is 5.56 Å². The van der Waals surface area contributed by atoms with Crippen LogP contribution in [0.15, 0.2) is 23.0 Å². The molecule has 0 saturated heterocycles. The number of esters is 1. The van der Waals surface area contributed by atoms with Crippen LogP contribution in [-0.2, 0) is 4.74 Å². The molecule has 2 heterocycles. The van der Waals surface area contributed by atoms with Crippen molar-refractivity contribution < 1.29 is 9.53 Å². The summed E-state index contributed by atoms with van der Waals surface area (Å²) in [6.07, 6.45) is 0. The highest BCUT2D eigenvalue weighted by Crippen LogP contribution is 2.07. The van der Waals surface area contributed by atoms with E-state index in [0.29, 0.717) is 0 Å². The fourth-order valence-corrected chi connectivity index (χ4v) is 1.37. The van der Waals surface area contributed by atoms with E-state index in [1.54, 1.807) is 0 Å². The van der Waals surface area contributed by atoms with E-state index in [9.17, 15) is 9.59 Å². The molecule has 0 aliphatic rings. The summed E-state index contributed by atoms with van der Waals surface area (Å²) in [4.78, 5) is 26.3. The molecule has 0 atom stereocenters. The largest absolute Gasteiger partial charge is 0.464 e. The van der Waals surface area contributed by atoms with Gasteiger partial charge in [0.15, 0.2) is 11.3 Å². The van der Waals surface area contributed by atoms with Gasteiger partial charge < -0.3 is 4.74 Å². The summed E-state index contributed by atoms with van der Waals surface area (Å²) in [5.41, 5.74) is -0.318. The number of carbonyl (C=O) groups is 1. The van der Waals surface area contributed by atoms with E-state index in [1.807, 2.05) is 0 Å². The van der Waals surface area contributed by atoms with Gasteiger partial charge in [-0.2, -0.15) is 10.1 Å². The van der Waals surface area contributed by atoms with Crippen LogP contribution in [0.4, 0.5) is 0 Å². The lowest BCUT2D eigenvalue weighted by Crippen LogP contribution is -2.18. The lowest BCUT2D eigenvalue weighted by Gasteiger charge is -2.04. The maximum atomic E-state index is 11.4. The van der Waals surface area contributed by atoms with Gasteiger partial charge in [0, 0.05) is 6.07 Å². The van der Waals surface area contributed by atoms with Crippen molar-refractivity contribution in [2.75, 3.05) is 7.11 Å². The molecule has 0 aliphatic carbocycles. The molecule has 0 N–H and O–H groups in total. The molecule has 2 aromatic rings. The van der Waals surface area contributed by atoms with Crippen molar-refractivity contribution in [1.82, 2.24) is 14.6 Å². The lowest BCUT2D eigenvalue weighted by molar-refractivity contribution is 0.0590. The number of nitrogens with zero attached hydrogens (tertiary/aromatic N) is 3. The third kappa shape index (κ3) is 1.74. The fraction of sp³-hybridized carbons (Fsp3) is 0.111. The van der Waals surface area contributed by atoms with Gasteiger partial charge in [0.2, 0.25) is 0 Å². The van der Waals surface area contributed by atoms with Crippen molar-refractivity contribution in [2.45, 2.75) is 0 Å². The number of ether oxygens (including phenoxy) is 1. The first-order valence-electron chi connectivity index (χ1n) is 4.27. The average molecular weight is 240 g/mol. The Morgan fingerprint density at radius 1 is 1.50 bits per heavy atom. The molecular weight excluding hydrogens is 234 g/mol. The third-order valence-corrected chi connectivity index (χ3v) is 2.09. The van der Waals surface area contributed by atoms with Crippen LogP contribution in [0.3, 0.4) is 0 Å². The molecule has 0 radical (unpaired) electrons. The summed E-state index contributed by atoms with van der Waals surface area (Å²) in [5, 5.41) is 4.05. The van der Waals surface area contributed by atoms with Crippen molar-refractivity contribution in [1.29, 1.82) is 0 Å². The first-order chi connectivity index (χ1) is 7.61. The van der Waals surface area contributed by atoms with Crippen molar-refractivity contribution in [3.05, 3.63) is 39.4 Å². The minimum Gasteiger partial charge on any atom is -0.464 e. The standard InChI is InChI=1S/C9H6ClN3O3/c1-16-9(15)5-4-8(14)11-7-3-2-6(10)12-13(5)7/h2-4H,1H3. The second kappa shape index (κ2) is 3.90. The van der Waals surface area contributed by atoms with Crippen LogP contribution in [0, 0.1) is 0 Å². The fourth-order valence-electron chi connectivity index (χ4n) is 1.23. The number of carbonyl (C=O) groups excluding carboxylic acids is 1. The summed E-state index contributed by atoms with van der Waals surface area (Å²) >= 11 is 5.69. The Kier molecular flexibility index (Phi) is 2.57. The SMILES string of the molecule is COC(=O)c1cc(=O)nc2ccc(Cl)nn12. The molecule has 0 aliphatic heterocycles. The van der Waals surface area contributed by atoms with Gasteiger partial charge >= 0.3 is 5.97 Å². The van der Waals surface area contributed by atoms with E-state index in [2.05, 4.69) is 14.8 Å². The molecule has 0 spiro atoms. The number of hydrogen-bond acceptors (Lipinski definition) is 5. The highest BCUT2D eigenvalue weighted by Gasteiger charge is 2.13. The summed E-state index contributed by atoms with van der Waals surface area (Å²) < 4.78 is 5.69. The van der Waals surface area contributed by atoms with Gasteiger partial charge in [-0.3, -0.25) is 4.79 Å². The highest BCUT2D eigenvalue weighted by molar-refractivity contribution is 6.29. The van der Waals surface area contributed by atoms with Crippen LogP contribution >= 0.6 is 11.6 Å². The molecule has 0 unspecified atom stereocenters. The molecule has 0 fully saturated rings. The average Bonchev–Trinajstić information content (AvgIpc) is 2.27. The van der Waals surface area contributed by atoms with Crippen LogP contribution in [0.1, 0.15) is 10.5 Å². The minimum atomic E-state index is -0.677. The van der Waals surface area contributed by atoms with Crippen molar-refractivity contribution in [2.24, 2.45) is 0 Å². The van der Waals surface area contributed by atoms with E-state index in [4.69, 9.17) is 11.6 Å². The zero-order chi connectivity index (χ0) is 11.7. The minimum absolute atomic E-state index is 0.0139. The third-order valence-electron chi connectivity index (χ3n) is 1.89. The lowest BCUT2D eigenvalue weighted by atomic mass is 10.4. The normalized spacial score (nSPS) is 10.4. The second-order valence-corrected chi connectivity index (χ2v) is 3.28. The Morgan fingerprint density at radius 3 is 2.94 bits per heavy atom. The summed E-state index contributed by atoms with van der Waals surface area (Å²) in [5.74, 6) is -0.677. The Morgan fingerprint density at radius 2 is 2.25 bits per heavy atom. The Bertz CT molecular complexity index is 623. The Hall–Kier alpha value is -1.95. The highest BCUT2D eigenvalue weighted by atomic mass is 35.5. The molecular formula is C9H6ClN3O3. The van der Waals surface area contributed by atoms with Crippen molar-refractivity contribution in [3.63, 3.8) is 0 Å². The first-order valence-corrected chi connectivity index (χ1v) is 4.64. The number of aromatic nitrogens is 3. The van der Waals surface area contributed by atoms with Gasteiger partial charge in [-0.05, 0) is 12.1 Å². The van der Waals surface area contributed by atoms with Gasteiger partial charge in [-0.15, -0.1) is 0 Å². The van der Waals surface area contributed by atoms with Crippen molar-refractivity contribution >= 4 is 23.2 Å². The maximum absolute atomic E-state index is 11.4. The molecule has 7 heteroatoms. The number of hydrogen-bond donors (Lipinski definition) is 0. The monoisotopic (exact) mass is 239 g/mol. The summed E-state index contributed by atoms with van der Waals surface area (Å²) in [7, 11) is 1.21. The molecule has 0 aromatic carbocycles. The quantitative estimate of drug-likeness (QED) is 0.679. The molecule has 0 amide bonds. The molecule has 16 heavy (non-hydrogen) atoms.